The van der Waals surface area contributed by atoms with Crippen LogP contribution in [0.2, 0.25) is 0 Å². The molecule has 0 spiro atoms. The summed E-state index contributed by atoms with van der Waals surface area (Å²) in [6.45, 7) is 5.86. The molecule has 3 aromatic carbocycles. The fourth-order valence-electron chi connectivity index (χ4n) is 4.02. The molecular formula is C27H26N2O4. The summed E-state index contributed by atoms with van der Waals surface area (Å²) < 4.78 is 10.7. The molecule has 1 heterocycles. The minimum absolute atomic E-state index is 0.212. The van der Waals surface area contributed by atoms with Crippen molar-refractivity contribution < 1.29 is 19.1 Å². The molecule has 1 aliphatic heterocycles. The summed E-state index contributed by atoms with van der Waals surface area (Å²) >= 11 is 0. The van der Waals surface area contributed by atoms with E-state index in [0.29, 0.717) is 34.0 Å². The molecule has 33 heavy (non-hydrogen) atoms. The molecule has 0 saturated heterocycles. The van der Waals surface area contributed by atoms with Crippen LogP contribution >= 0.6 is 0 Å². The van der Waals surface area contributed by atoms with Crippen LogP contribution in [0.4, 0.5) is 11.4 Å². The van der Waals surface area contributed by atoms with Gasteiger partial charge >= 0.3 is 0 Å². The fourth-order valence-corrected chi connectivity index (χ4v) is 4.02. The van der Waals surface area contributed by atoms with Gasteiger partial charge < -0.3 is 14.8 Å². The van der Waals surface area contributed by atoms with Crippen LogP contribution < -0.4 is 19.7 Å². The second kappa shape index (κ2) is 8.82. The van der Waals surface area contributed by atoms with E-state index in [0.717, 1.165) is 16.7 Å². The number of rotatable bonds is 6. The van der Waals surface area contributed by atoms with Crippen molar-refractivity contribution in [1.29, 1.82) is 0 Å². The number of aryl methyl sites for hydroxylation is 3. The van der Waals surface area contributed by atoms with Crippen molar-refractivity contribution in [2.45, 2.75) is 20.8 Å². The van der Waals surface area contributed by atoms with Gasteiger partial charge in [-0.05, 0) is 49.6 Å². The van der Waals surface area contributed by atoms with Gasteiger partial charge in [0.15, 0.2) is 0 Å². The summed E-state index contributed by atoms with van der Waals surface area (Å²) in [7, 11) is 3.12. The number of hydrogen-bond acceptors (Lipinski definition) is 5. The average molecular weight is 443 g/mol. The van der Waals surface area contributed by atoms with Crippen LogP contribution in [-0.4, -0.2) is 26.0 Å². The van der Waals surface area contributed by atoms with Crippen molar-refractivity contribution in [2.24, 2.45) is 0 Å². The van der Waals surface area contributed by atoms with Gasteiger partial charge in [-0.15, -0.1) is 0 Å². The van der Waals surface area contributed by atoms with Crippen molar-refractivity contribution >= 4 is 28.8 Å². The lowest BCUT2D eigenvalue weighted by Crippen LogP contribution is -2.32. The first kappa shape index (κ1) is 22.1. The van der Waals surface area contributed by atoms with Gasteiger partial charge in [-0.25, -0.2) is 4.90 Å². The largest absolute Gasteiger partial charge is 0.497 e. The average Bonchev–Trinajstić information content (AvgIpc) is 3.03. The molecule has 0 aromatic heterocycles. The monoisotopic (exact) mass is 442 g/mol. The molecule has 1 aliphatic rings. The Morgan fingerprint density at radius 2 is 1.42 bits per heavy atom. The standard InChI is InChI=1S/C27H26N2O4/c1-16-7-6-8-20(12-16)29-26(30)24(23-10-9-17(2)11-18(23)3)25(27(29)31)28-19-13-21(32-4)15-22(14-19)33-5/h6-15,28H,1-5H3. The van der Waals surface area contributed by atoms with Gasteiger partial charge in [0.2, 0.25) is 0 Å². The number of imide groups is 1. The summed E-state index contributed by atoms with van der Waals surface area (Å²) in [6.07, 6.45) is 0. The highest BCUT2D eigenvalue weighted by atomic mass is 16.5. The molecule has 0 radical (unpaired) electrons. The van der Waals surface area contributed by atoms with Crippen LogP contribution in [0.25, 0.3) is 5.57 Å². The lowest BCUT2D eigenvalue weighted by molar-refractivity contribution is -0.120. The van der Waals surface area contributed by atoms with Gasteiger partial charge in [-0.3, -0.25) is 9.59 Å². The normalized spacial score (nSPS) is 13.5. The highest BCUT2D eigenvalue weighted by Crippen LogP contribution is 2.36. The predicted molar refractivity (Wildman–Crippen MR) is 130 cm³/mol. The first-order chi connectivity index (χ1) is 15.8. The Morgan fingerprint density at radius 1 is 0.758 bits per heavy atom. The molecular weight excluding hydrogens is 416 g/mol. The highest BCUT2D eigenvalue weighted by molar-refractivity contribution is 6.46. The zero-order valence-electron chi connectivity index (χ0n) is 19.4. The second-order valence-electron chi connectivity index (χ2n) is 8.08. The third-order valence-corrected chi connectivity index (χ3v) is 5.62. The minimum atomic E-state index is -0.414. The lowest BCUT2D eigenvalue weighted by atomic mass is 9.97. The summed E-state index contributed by atoms with van der Waals surface area (Å²) in [5, 5.41) is 3.18. The van der Waals surface area contributed by atoms with Crippen LogP contribution in [0.3, 0.4) is 0 Å². The van der Waals surface area contributed by atoms with E-state index in [9.17, 15) is 9.59 Å². The van der Waals surface area contributed by atoms with Gasteiger partial charge in [0.05, 0.1) is 25.5 Å². The van der Waals surface area contributed by atoms with Crippen molar-refractivity contribution in [3.8, 4) is 11.5 Å². The Balaban J connectivity index is 1.87. The van der Waals surface area contributed by atoms with Crippen LogP contribution in [0.5, 0.6) is 11.5 Å². The molecule has 0 unspecified atom stereocenters. The molecule has 0 aliphatic carbocycles. The number of ether oxygens (including phenoxy) is 2. The third-order valence-electron chi connectivity index (χ3n) is 5.62. The number of anilines is 2. The Morgan fingerprint density at radius 3 is 2.03 bits per heavy atom. The van der Waals surface area contributed by atoms with E-state index in [1.807, 2.05) is 57.2 Å². The van der Waals surface area contributed by atoms with E-state index in [4.69, 9.17) is 9.47 Å². The SMILES string of the molecule is COc1cc(NC2=C(c3ccc(C)cc3C)C(=O)N(c3cccc(C)c3)C2=O)cc(OC)c1. The third kappa shape index (κ3) is 4.20. The number of methoxy groups -OCH3 is 2. The van der Waals surface area contributed by atoms with E-state index in [1.54, 1.807) is 38.5 Å². The van der Waals surface area contributed by atoms with Crippen LogP contribution in [-0.2, 0) is 9.59 Å². The summed E-state index contributed by atoms with van der Waals surface area (Å²) in [5.74, 6) is 0.355. The minimum Gasteiger partial charge on any atom is -0.497 e. The smallest absolute Gasteiger partial charge is 0.282 e. The Hall–Kier alpha value is -4.06. The van der Waals surface area contributed by atoms with Crippen molar-refractivity contribution in [1.82, 2.24) is 0 Å². The molecule has 0 saturated carbocycles. The number of amides is 2. The van der Waals surface area contributed by atoms with Gasteiger partial charge in [-0.2, -0.15) is 0 Å². The topological polar surface area (TPSA) is 67.9 Å². The molecule has 3 aromatic rings. The molecule has 1 N–H and O–H groups in total. The van der Waals surface area contributed by atoms with E-state index in [2.05, 4.69) is 5.32 Å². The van der Waals surface area contributed by atoms with Gasteiger partial charge in [0, 0.05) is 23.9 Å². The Kier molecular flexibility index (Phi) is 5.92. The number of nitrogens with zero attached hydrogens (tertiary/aromatic N) is 1. The van der Waals surface area contributed by atoms with Crippen molar-refractivity contribution in [2.75, 3.05) is 24.4 Å². The van der Waals surface area contributed by atoms with E-state index in [-0.39, 0.29) is 11.6 Å². The molecule has 4 rings (SSSR count). The van der Waals surface area contributed by atoms with Crippen LogP contribution in [0.15, 0.2) is 66.4 Å². The first-order valence-electron chi connectivity index (χ1n) is 10.6. The predicted octanol–water partition coefficient (Wildman–Crippen LogP) is 5.03. The molecule has 6 heteroatoms. The maximum absolute atomic E-state index is 13.7. The zero-order chi connectivity index (χ0) is 23.7. The lowest BCUT2D eigenvalue weighted by Gasteiger charge is -2.16. The Bertz CT molecular complexity index is 1270. The number of benzene rings is 3. The molecule has 2 amide bonds. The molecule has 0 bridgehead atoms. The molecule has 6 nitrogen and oxygen atoms in total. The molecule has 0 fully saturated rings. The number of carbonyl (C=O) groups excluding carboxylic acids is 2. The first-order valence-corrected chi connectivity index (χ1v) is 10.6. The fraction of sp³-hybridized carbons (Fsp3) is 0.185. The summed E-state index contributed by atoms with van der Waals surface area (Å²) in [6, 6.07) is 18.4. The quantitative estimate of drug-likeness (QED) is 0.543. The molecule has 168 valence electrons. The van der Waals surface area contributed by atoms with Crippen LogP contribution in [0.1, 0.15) is 22.3 Å². The Labute approximate surface area is 193 Å². The van der Waals surface area contributed by atoms with E-state index < -0.39 is 5.91 Å². The van der Waals surface area contributed by atoms with Gasteiger partial charge in [0.25, 0.3) is 11.8 Å². The number of hydrogen-bond donors (Lipinski definition) is 1. The highest BCUT2D eigenvalue weighted by Gasteiger charge is 2.40. The summed E-state index contributed by atoms with van der Waals surface area (Å²) in [5.41, 5.74) is 5.33. The maximum atomic E-state index is 13.7. The summed E-state index contributed by atoms with van der Waals surface area (Å²) in [4.78, 5) is 28.5. The number of carbonyl (C=O) groups is 2. The number of nitrogens with one attached hydrogen (secondary N) is 1. The van der Waals surface area contributed by atoms with Crippen LogP contribution in [0, 0.1) is 20.8 Å². The van der Waals surface area contributed by atoms with Crippen molar-refractivity contribution in [3.63, 3.8) is 0 Å². The maximum Gasteiger partial charge on any atom is 0.282 e. The van der Waals surface area contributed by atoms with E-state index >= 15 is 0 Å². The van der Waals surface area contributed by atoms with Crippen molar-refractivity contribution in [3.05, 3.63) is 88.6 Å². The van der Waals surface area contributed by atoms with Gasteiger partial charge in [0.1, 0.15) is 17.2 Å². The second-order valence-corrected chi connectivity index (χ2v) is 8.08. The zero-order valence-corrected chi connectivity index (χ0v) is 19.4. The van der Waals surface area contributed by atoms with Gasteiger partial charge in [-0.1, -0.05) is 35.9 Å². The van der Waals surface area contributed by atoms with E-state index in [1.165, 1.54) is 4.90 Å². The molecule has 0 atom stereocenters.